The predicted octanol–water partition coefficient (Wildman–Crippen LogP) is 3.37. The van der Waals surface area contributed by atoms with Crippen molar-refractivity contribution in [2.24, 2.45) is 0 Å². The Hall–Kier alpha value is -1.10. The quantitative estimate of drug-likeness (QED) is 0.940. The van der Waals surface area contributed by atoms with Gasteiger partial charge in [0.1, 0.15) is 5.75 Å². The average molecular weight is 309 g/mol. The lowest BCUT2D eigenvalue weighted by Gasteiger charge is -2.09. The van der Waals surface area contributed by atoms with Crippen LogP contribution in [0.2, 0.25) is 5.02 Å². The highest BCUT2D eigenvalue weighted by molar-refractivity contribution is 7.11. The van der Waals surface area contributed by atoms with Gasteiger partial charge in [0.25, 0.3) is 0 Å². The van der Waals surface area contributed by atoms with E-state index in [1.807, 2.05) is 25.1 Å². The molecule has 1 N–H and O–H groups in total. The van der Waals surface area contributed by atoms with Crippen molar-refractivity contribution in [3.63, 3.8) is 0 Å². The molecule has 0 spiro atoms. The van der Waals surface area contributed by atoms with E-state index >= 15 is 0 Å². The lowest BCUT2D eigenvalue weighted by Crippen LogP contribution is -2.22. The van der Waals surface area contributed by atoms with Crippen molar-refractivity contribution in [3.05, 3.63) is 44.4 Å². The number of fused-ring (bicyclic) bond motifs is 1. The van der Waals surface area contributed by atoms with Crippen LogP contribution in [0.1, 0.15) is 21.1 Å². The van der Waals surface area contributed by atoms with Crippen LogP contribution in [0.5, 0.6) is 5.75 Å². The van der Waals surface area contributed by atoms with Crippen LogP contribution in [0, 0.1) is 6.92 Å². The van der Waals surface area contributed by atoms with Crippen LogP contribution in [-0.2, 0) is 19.4 Å². The van der Waals surface area contributed by atoms with Crippen LogP contribution in [0.4, 0.5) is 0 Å². The number of ether oxygens (including phenoxy) is 1. The molecule has 0 bridgehead atoms. The number of hydrogen-bond acceptors (Lipinski definition) is 4. The molecule has 0 amide bonds. The maximum absolute atomic E-state index is 6.11. The molecular weight excluding hydrogens is 292 g/mol. The SMILES string of the molecule is Cc1ccc(Cl)c(OCCc2nc3c(s2)CNCC3)c1. The van der Waals surface area contributed by atoms with Gasteiger partial charge < -0.3 is 10.1 Å². The number of aromatic nitrogens is 1. The number of nitrogens with one attached hydrogen (secondary N) is 1. The Morgan fingerprint density at radius 3 is 3.20 bits per heavy atom. The Kier molecular flexibility index (Phi) is 4.24. The molecule has 20 heavy (non-hydrogen) atoms. The van der Waals surface area contributed by atoms with E-state index in [0.29, 0.717) is 11.6 Å². The van der Waals surface area contributed by atoms with Crippen molar-refractivity contribution in [2.75, 3.05) is 13.2 Å². The zero-order valence-electron chi connectivity index (χ0n) is 11.4. The van der Waals surface area contributed by atoms with Crippen molar-refractivity contribution < 1.29 is 4.74 Å². The second-order valence-corrected chi connectivity index (χ2v) is 6.51. The molecule has 1 aromatic heterocycles. The summed E-state index contributed by atoms with van der Waals surface area (Å²) in [5, 5.41) is 5.19. The minimum absolute atomic E-state index is 0.614. The molecule has 3 rings (SSSR count). The zero-order valence-corrected chi connectivity index (χ0v) is 13.0. The fraction of sp³-hybridized carbons (Fsp3) is 0.400. The zero-order chi connectivity index (χ0) is 13.9. The molecule has 0 saturated heterocycles. The first-order valence-corrected chi connectivity index (χ1v) is 7.99. The monoisotopic (exact) mass is 308 g/mol. The summed E-state index contributed by atoms with van der Waals surface area (Å²) in [6, 6.07) is 5.83. The molecule has 0 fully saturated rings. The number of thiazole rings is 1. The summed E-state index contributed by atoms with van der Waals surface area (Å²) in [4.78, 5) is 6.06. The van der Waals surface area contributed by atoms with Crippen LogP contribution in [0.3, 0.4) is 0 Å². The van der Waals surface area contributed by atoms with Gasteiger partial charge in [0.2, 0.25) is 0 Å². The Balaban J connectivity index is 1.59. The molecule has 2 aromatic rings. The van der Waals surface area contributed by atoms with Crippen LogP contribution in [-0.4, -0.2) is 18.1 Å². The molecule has 5 heteroatoms. The van der Waals surface area contributed by atoms with Gasteiger partial charge >= 0.3 is 0 Å². The van der Waals surface area contributed by atoms with E-state index in [2.05, 4.69) is 10.3 Å². The van der Waals surface area contributed by atoms with E-state index in [-0.39, 0.29) is 0 Å². The first-order chi connectivity index (χ1) is 9.72. The van der Waals surface area contributed by atoms with Crippen LogP contribution in [0.15, 0.2) is 18.2 Å². The third-order valence-electron chi connectivity index (χ3n) is 3.31. The van der Waals surface area contributed by atoms with Gasteiger partial charge in [-0.25, -0.2) is 4.98 Å². The highest BCUT2D eigenvalue weighted by Gasteiger charge is 2.14. The van der Waals surface area contributed by atoms with Gasteiger partial charge in [0.05, 0.1) is 22.3 Å². The molecule has 0 radical (unpaired) electrons. The van der Waals surface area contributed by atoms with Crippen molar-refractivity contribution in [3.8, 4) is 5.75 Å². The molecule has 0 saturated carbocycles. The van der Waals surface area contributed by atoms with Crippen molar-refractivity contribution >= 4 is 22.9 Å². The fourth-order valence-electron chi connectivity index (χ4n) is 2.26. The molecule has 0 atom stereocenters. The lowest BCUT2D eigenvalue weighted by atomic mass is 10.2. The summed E-state index contributed by atoms with van der Waals surface area (Å²) < 4.78 is 5.77. The van der Waals surface area contributed by atoms with Gasteiger partial charge in [0.15, 0.2) is 0 Å². The Labute approximate surface area is 127 Å². The molecule has 0 aliphatic carbocycles. The van der Waals surface area contributed by atoms with Gasteiger partial charge in [-0.15, -0.1) is 11.3 Å². The average Bonchev–Trinajstić information content (AvgIpc) is 2.85. The normalized spacial score (nSPS) is 14.1. The fourth-order valence-corrected chi connectivity index (χ4v) is 3.49. The minimum Gasteiger partial charge on any atom is -0.492 e. The lowest BCUT2D eigenvalue weighted by molar-refractivity contribution is 0.321. The topological polar surface area (TPSA) is 34.1 Å². The van der Waals surface area contributed by atoms with Crippen molar-refractivity contribution in [2.45, 2.75) is 26.3 Å². The van der Waals surface area contributed by atoms with Crippen LogP contribution >= 0.6 is 22.9 Å². The number of halogens is 1. The standard InChI is InChI=1S/C15H17ClN2OS/c1-10-2-3-11(16)13(8-10)19-7-5-15-18-12-4-6-17-9-14(12)20-15/h2-3,8,17H,4-7,9H2,1H3. The first kappa shape index (κ1) is 13.9. The maximum atomic E-state index is 6.11. The van der Waals surface area contributed by atoms with E-state index in [1.54, 1.807) is 11.3 Å². The molecule has 1 aliphatic rings. The highest BCUT2D eigenvalue weighted by atomic mass is 35.5. The number of benzene rings is 1. The van der Waals surface area contributed by atoms with Gasteiger partial charge in [-0.3, -0.25) is 0 Å². The van der Waals surface area contributed by atoms with Gasteiger partial charge in [-0.1, -0.05) is 17.7 Å². The maximum Gasteiger partial charge on any atom is 0.138 e. The van der Waals surface area contributed by atoms with Crippen molar-refractivity contribution in [1.82, 2.24) is 10.3 Å². The van der Waals surface area contributed by atoms with Crippen LogP contribution < -0.4 is 10.1 Å². The molecule has 2 heterocycles. The molecule has 1 aromatic carbocycles. The van der Waals surface area contributed by atoms with Gasteiger partial charge in [-0.05, 0) is 24.6 Å². The van der Waals surface area contributed by atoms with Gasteiger partial charge in [0, 0.05) is 30.8 Å². The van der Waals surface area contributed by atoms with Crippen molar-refractivity contribution in [1.29, 1.82) is 0 Å². The first-order valence-electron chi connectivity index (χ1n) is 6.79. The molecule has 0 unspecified atom stereocenters. The largest absolute Gasteiger partial charge is 0.492 e. The second-order valence-electron chi connectivity index (χ2n) is 4.94. The molecule has 106 valence electrons. The summed E-state index contributed by atoms with van der Waals surface area (Å²) in [5.41, 5.74) is 2.41. The second kappa shape index (κ2) is 6.12. The molecule has 3 nitrogen and oxygen atoms in total. The summed E-state index contributed by atoms with van der Waals surface area (Å²) >= 11 is 7.91. The summed E-state index contributed by atoms with van der Waals surface area (Å²) in [6.07, 6.45) is 1.87. The van der Waals surface area contributed by atoms with E-state index in [9.17, 15) is 0 Å². The number of nitrogens with zero attached hydrogens (tertiary/aromatic N) is 1. The third kappa shape index (κ3) is 3.14. The summed E-state index contributed by atoms with van der Waals surface area (Å²) in [5.74, 6) is 0.759. The minimum atomic E-state index is 0.614. The Morgan fingerprint density at radius 2 is 2.35 bits per heavy atom. The smallest absolute Gasteiger partial charge is 0.138 e. The predicted molar refractivity (Wildman–Crippen MR) is 82.9 cm³/mol. The molecule has 1 aliphatic heterocycles. The van der Waals surface area contributed by atoms with E-state index < -0.39 is 0 Å². The van der Waals surface area contributed by atoms with E-state index in [4.69, 9.17) is 16.3 Å². The van der Waals surface area contributed by atoms with Crippen LogP contribution in [0.25, 0.3) is 0 Å². The third-order valence-corrected chi connectivity index (χ3v) is 4.78. The van der Waals surface area contributed by atoms with Gasteiger partial charge in [-0.2, -0.15) is 0 Å². The van der Waals surface area contributed by atoms with E-state index in [1.165, 1.54) is 10.6 Å². The number of aryl methyl sites for hydroxylation is 1. The molecular formula is C15H17ClN2OS. The highest BCUT2D eigenvalue weighted by Crippen LogP contribution is 2.26. The number of hydrogen-bond donors (Lipinski definition) is 1. The summed E-state index contributed by atoms with van der Waals surface area (Å²) in [7, 11) is 0. The Bertz CT molecular complexity index is 588. The van der Waals surface area contributed by atoms with E-state index in [0.717, 1.165) is 42.3 Å². The number of rotatable bonds is 4. The summed E-state index contributed by atoms with van der Waals surface area (Å²) in [6.45, 7) is 4.64. The Morgan fingerprint density at radius 1 is 1.45 bits per heavy atom.